The first-order valence-electron chi connectivity index (χ1n) is 10.0. The second-order valence-electron chi connectivity index (χ2n) is 7.82. The number of Topliss-reactive ketones (excluding diaryl/α,β-unsaturated/α-hetero) is 1. The Labute approximate surface area is 182 Å². The SMILES string of the molecule is Cc1cc(=O)c2c(CC(=O)CC(C)O)cc(OO[C@@H]3O[C@H](CO)[C@@H](O)[C@H](O)[C@H]3O)cc2o1. The average Bonchev–Trinajstić information content (AvgIpc) is 2.70. The van der Waals surface area contributed by atoms with Gasteiger partial charge in [-0.1, -0.05) is 0 Å². The van der Waals surface area contributed by atoms with Gasteiger partial charge in [0.25, 0.3) is 0 Å². The van der Waals surface area contributed by atoms with E-state index in [2.05, 4.69) is 0 Å². The van der Waals surface area contributed by atoms with Crippen molar-refractivity contribution in [2.45, 2.75) is 63.5 Å². The van der Waals surface area contributed by atoms with Crippen LogP contribution in [0.25, 0.3) is 11.0 Å². The number of aliphatic hydroxyl groups is 5. The minimum Gasteiger partial charge on any atom is -0.461 e. The van der Waals surface area contributed by atoms with Crippen LogP contribution in [0.2, 0.25) is 0 Å². The van der Waals surface area contributed by atoms with Crippen LogP contribution in [0.5, 0.6) is 5.75 Å². The summed E-state index contributed by atoms with van der Waals surface area (Å²) in [6.45, 7) is 2.42. The number of benzene rings is 1. The van der Waals surface area contributed by atoms with Gasteiger partial charge < -0.3 is 39.6 Å². The molecule has 6 atom stereocenters. The predicted molar refractivity (Wildman–Crippen MR) is 108 cm³/mol. The maximum absolute atomic E-state index is 12.5. The number of aliphatic hydroxyl groups excluding tert-OH is 5. The van der Waals surface area contributed by atoms with Crippen molar-refractivity contribution in [1.29, 1.82) is 0 Å². The first-order valence-corrected chi connectivity index (χ1v) is 10.0. The standard InChI is InChI=1S/C21H26O11/c1-9(23)3-12(24)5-11-6-13(7-15-17(11)14(25)4-10(2)29-15)31-32-21-20(28)19(27)18(26)16(8-22)30-21/h4,6-7,9,16,18-23,26-28H,3,5,8H2,1-2H3/t9?,16-,18-,19+,20-,21+/m1/s1. The number of fused-ring (bicyclic) bond motifs is 1. The van der Waals surface area contributed by atoms with E-state index >= 15 is 0 Å². The molecule has 0 saturated carbocycles. The van der Waals surface area contributed by atoms with Crippen LogP contribution in [0, 0.1) is 6.92 Å². The highest BCUT2D eigenvalue weighted by Crippen LogP contribution is 2.27. The van der Waals surface area contributed by atoms with Crippen molar-refractivity contribution in [2.75, 3.05) is 6.61 Å². The molecule has 11 nitrogen and oxygen atoms in total. The zero-order valence-corrected chi connectivity index (χ0v) is 17.5. The number of ketones is 1. The van der Waals surface area contributed by atoms with E-state index in [0.717, 1.165) is 0 Å². The Bertz CT molecular complexity index is 1010. The van der Waals surface area contributed by atoms with Gasteiger partial charge in [-0.15, -0.1) is 0 Å². The van der Waals surface area contributed by atoms with Crippen molar-refractivity contribution >= 4 is 16.8 Å². The van der Waals surface area contributed by atoms with Crippen molar-refractivity contribution in [2.24, 2.45) is 0 Å². The number of carbonyl (C=O) groups excluding carboxylic acids is 1. The fraction of sp³-hybridized carbons (Fsp3) is 0.524. The highest BCUT2D eigenvalue weighted by molar-refractivity contribution is 5.89. The zero-order valence-electron chi connectivity index (χ0n) is 17.5. The maximum Gasteiger partial charge on any atom is 0.232 e. The Balaban J connectivity index is 1.88. The van der Waals surface area contributed by atoms with Crippen LogP contribution >= 0.6 is 0 Å². The Morgan fingerprint density at radius 2 is 1.88 bits per heavy atom. The van der Waals surface area contributed by atoms with E-state index in [1.165, 1.54) is 25.1 Å². The summed E-state index contributed by atoms with van der Waals surface area (Å²) >= 11 is 0. The third-order valence-electron chi connectivity index (χ3n) is 5.01. The summed E-state index contributed by atoms with van der Waals surface area (Å²) in [5.74, 6) is 0.0205. The number of aryl methyl sites for hydroxylation is 1. The fourth-order valence-electron chi connectivity index (χ4n) is 3.52. The summed E-state index contributed by atoms with van der Waals surface area (Å²) in [4.78, 5) is 35.0. The summed E-state index contributed by atoms with van der Waals surface area (Å²) in [6, 6.07) is 4.00. The predicted octanol–water partition coefficient (Wildman–Crippen LogP) is -0.906. The van der Waals surface area contributed by atoms with Gasteiger partial charge in [-0.25, -0.2) is 0 Å². The van der Waals surface area contributed by atoms with Gasteiger partial charge in [0.15, 0.2) is 11.2 Å². The van der Waals surface area contributed by atoms with E-state index in [0.29, 0.717) is 5.76 Å². The molecule has 2 aromatic rings. The van der Waals surface area contributed by atoms with Crippen LogP contribution in [0.3, 0.4) is 0 Å². The lowest BCUT2D eigenvalue weighted by atomic mass is 9.99. The molecule has 176 valence electrons. The van der Waals surface area contributed by atoms with Gasteiger partial charge in [-0.3, -0.25) is 9.59 Å². The third kappa shape index (κ3) is 5.33. The van der Waals surface area contributed by atoms with Crippen molar-refractivity contribution in [3.05, 3.63) is 39.7 Å². The molecule has 3 rings (SSSR count). The van der Waals surface area contributed by atoms with Gasteiger partial charge >= 0.3 is 0 Å². The summed E-state index contributed by atoms with van der Waals surface area (Å²) in [7, 11) is 0. The second-order valence-corrected chi connectivity index (χ2v) is 7.82. The summed E-state index contributed by atoms with van der Waals surface area (Å²) in [5, 5.41) is 48.6. The molecule has 5 N–H and O–H groups in total. The zero-order chi connectivity index (χ0) is 23.6. The van der Waals surface area contributed by atoms with Crippen LogP contribution in [-0.2, 0) is 20.8 Å². The molecule has 0 aliphatic carbocycles. The Kier molecular flexibility index (Phi) is 7.62. The first kappa shape index (κ1) is 24.3. The van der Waals surface area contributed by atoms with Gasteiger partial charge in [-0.2, -0.15) is 4.89 Å². The molecule has 1 fully saturated rings. The molecule has 0 spiro atoms. The second kappa shape index (κ2) is 10.0. The van der Waals surface area contributed by atoms with E-state index in [1.807, 2.05) is 0 Å². The molecule has 1 saturated heterocycles. The lowest BCUT2D eigenvalue weighted by Gasteiger charge is -2.38. The van der Waals surface area contributed by atoms with E-state index in [4.69, 9.17) is 18.9 Å². The molecule has 1 unspecified atom stereocenters. The molecule has 1 aliphatic heterocycles. The van der Waals surface area contributed by atoms with Gasteiger partial charge in [0.05, 0.1) is 18.1 Å². The molecule has 1 aromatic heterocycles. The summed E-state index contributed by atoms with van der Waals surface area (Å²) < 4.78 is 10.8. The van der Waals surface area contributed by atoms with Crippen molar-refractivity contribution in [1.82, 2.24) is 0 Å². The monoisotopic (exact) mass is 454 g/mol. The number of rotatable bonds is 8. The van der Waals surface area contributed by atoms with Gasteiger partial charge in [0, 0.05) is 25.0 Å². The molecule has 11 heteroatoms. The van der Waals surface area contributed by atoms with Crippen LogP contribution in [0.15, 0.2) is 27.4 Å². The van der Waals surface area contributed by atoms with E-state index in [-0.39, 0.29) is 46.3 Å². The highest BCUT2D eigenvalue weighted by atomic mass is 17.2. The van der Waals surface area contributed by atoms with Gasteiger partial charge in [0.1, 0.15) is 41.5 Å². The maximum atomic E-state index is 12.5. The quantitative estimate of drug-likeness (QED) is 0.247. The van der Waals surface area contributed by atoms with Crippen LogP contribution < -0.4 is 10.3 Å². The minimum absolute atomic E-state index is 0.00283. The highest BCUT2D eigenvalue weighted by Gasteiger charge is 2.45. The summed E-state index contributed by atoms with van der Waals surface area (Å²) in [6.07, 6.45) is -8.75. The van der Waals surface area contributed by atoms with Crippen LogP contribution in [0.4, 0.5) is 0 Å². The molecular weight excluding hydrogens is 428 g/mol. The number of hydrogen-bond donors (Lipinski definition) is 5. The Morgan fingerprint density at radius 3 is 2.53 bits per heavy atom. The van der Waals surface area contributed by atoms with E-state index in [1.54, 1.807) is 6.92 Å². The topological polar surface area (TPSA) is 176 Å². The Morgan fingerprint density at radius 1 is 1.16 bits per heavy atom. The molecule has 2 heterocycles. The lowest BCUT2D eigenvalue weighted by Crippen LogP contribution is -2.59. The number of carbonyl (C=O) groups is 1. The number of ether oxygens (including phenoxy) is 1. The van der Waals surface area contributed by atoms with Crippen molar-refractivity contribution in [3.8, 4) is 5.75 Å². The molecule has 0 bridgehead atoms. The fourth-order valence-corrected chi connectivity index (χ4v) is 3.52. The van der Waals surface area contributed by atoms with Gasteiger partial charge in [0.2, 0.25) is 6.29 Å². The molecule has 1 aliphatic rings. The van der Waals surface area contributed by atoms with Crippen LogP contribution in [0.1, 0.15) is 24.7 Å². The largest absolute Gasteiger partial charge is 0.461 e. The van der Waals surface area contributed by atoms with E-state index < -0.39 is 43.4 Å². The average molecular weight is 454 g/mol. The summed E-state index contributed by atoms with van der Waals surface area (Å²) in [5.41, 5.74) is 0.0593. The third-order valence-corrected chi connectivity index (χ3v) is 5.01. The number of hydrogen-bond acceptors (Lipinski definition) is 11. The molecule has 0 amide bonds. The Hall–Kier alpha value is -2.38. The molecular formula is C21H26O11. The molecule has 1 aromatic carbocycles. The molecule has 0 radical (unpaired) electrons. The minimum atomic E-state index is -1.68. The first-order chi connectivity index (χ1) is 15.1. The van der Waals surface area contributed by atoms with Crippen LogP contribution in [-0.4, -0.2) is 74.7 Å². The molecule has 32 heavy (non-hydrogen) atoms. The van der Waals surface area contributed by atoms with Crippen molar-refractivity contribution in [3.63, 3.8) is 0 Å². The van der Waals surface area contributed by atoms with Gasteiger partial charge in [-0.05, 0) is 25.5 Å². The normalized spacial score (nSPS) is 26.8. The lowest BCUT2D eigenvalue weighted by molar-refractivity contribution is -0.386. The van der Waals surface area contributed by atoms with Crippen molar-refractivity contribution < 1.29 is 49.3 Å². The smallest absolute Gasteiger partial charge is 0.232 e. The van der Waals surface area contributed by atoms with E-state index in [9.17, 15) is 35.1 Å².